The number of urea groups is 1. The van der Waals surface area contributed by atoms with Crippen LogP contribution >= 0.6 is 0 Å². The number of methoxy groups -OCH3 is 1. The molecule has 12 nitrogen and oxygen atoms in total. The molecule has 3 aromatic carbocycles. The van der Waals surface area contributed by atoms with Crippen LogP contribution in [0.5, 0.6) is 28.7 Å². The molecule has 0 aliphatic carbocycles. The molecule has 0 aliphatic heterocycles. The lowest BCUT2D eigenvalue weighted by Crippen LogP contribution is -2.34. The average Bonchev–Trinajstić information content (AvgIpc) is 3.01. The molecule has 244 valence electrons. The highest BCUT2D eigenvalue weighted by Gasteiger charge is 2.31. The minimum atomic E-state index is -4.80. The predicted octanol–water partition coefficient (Wildman–Crippen LogP) is 6.92. The lowest BCUT2D eigenvalue weighted by molar-refractivity contribution is -0.274. The number of pyridine rings is 1. The Balaban J connectivity index is 1.30. The summed E-state index contributed by atoms with van der Waals surface area (Å²) in [6.07, 6.45) is 0.293. The predicted molar refractivity (Wildman–Crippen MR) is 162 cm³/mol. The average molecular weight is 644 g/mol. The number of hydrogen-bond donors (Lipinski definition) is 5. The van der Waals surface area contributed by atoms with E-state index in [1.807, 2.05) is 0 Å². The van der Waals surface area contributed by atoms with Gasteiger partial charge in [0.15, 0.2) is 11.5 Å². The van der Waals surface area contributed by atoms with Gasteiger partial charge in [0, 0.05) is 35.4 Å². The van der Waals surface area contributed by atoms with E-state index in [1.165, 1.54) is 19.2 Å². The second-order valence-corrected chi connectivity index (χ2v) is 9.78. The van der Waals surface area contributed by atoms with Crippen molar-refractivity contribution in [2.75, 3.05) is 24.4 Å². The number of nitrogens with one attached hydrogen (secondary N) is 4. The number of carbonyl (C=O) groups is 2. The maximum atomic E-state index is 12.4. The van der Waals surface area contributed by atoms with E-state index in [2.05, 4.69) is 25.8 Å². The molecule has 3 amide bonds. The van der Waals surface area contributed by atoms with Gasteiger partial charge in [-0.3, -0.25) is 20.4 Å². The van der Waals surface area contributed by atoms with Crippen LogP contribution in [0.15, 0.2) is 72.9 Å². The van der Waals surface area contributed by atoms with Crippen molar-refractivity contribution in [3.8, 4) is 28.7 Å². The van der Waals surface area contributed by atoms with Crippen molar-refractivity contribution in [2.24, 2.45) is 0 Å². The first-order valence-corrected chi connectivity index (χ1v) is 14.1. The Kier molecular flexibility index (Phi) is 11.8. The van der Waals surface area contributed by atoms with Crippen molar-refractivity contribution in [2.45, 2.75) is 38.5 Å². The van der Waals surface area contributed by atoms with Crippen LogP contribution in [-0.2, 0) is 4.79 Å². The molecule has 0 aliphatic rings. The van der Waals surface area contributed by atoms with Crippen LogP contribution in [0.2, 0.25) is 0 Å². The van der Waals surface area contributed by atoms with E-state index in [1.54, 1.807) is 54.3 Å². The molecular formula is C31H32F3N5O7. The smallest absolute Gasteiger partial charge is 0.493 e. The number of alkyl halides is 3. The van der Waals surface area contributed by atoms with E-state index in [0.717, 1.165) is 31.4 Å². The molecule has 15 heteroatoms. The fourth-order valence-electron chi connectivity index (χ4n) is 4.30. The maximum Gasteiger partial charge on any atom is 0.573 e. The van der Waals surface area contributed by atoms with Crippen molar-refractivity contribution < 1.29 is 46.9 Å². The van der Waals surface area contributed by atoms with E-state index in [4.69, 9.17) is 19.4 Å². The summed E-state index contributed by atoms with van der Waals surface area (Å²) in [6, 6.07) is 16.0. The van der Waals surface area contributed by atoms with Gasteiger partial charge in [-0.05, 0) is 73.5 Å². The van der Waals surface area contributed by atoms with E-state index < -0.39 is 18.1 Å². The molecule has 0 bridgehead atoms. The van der Waals surface area contributed by atoms with Gasteiger partial charge in [-0.25, -0.2) is 4.79 Å². The summed E-state index contributed by atoms with van der Waals surface area (Å²) in [4.78, 5) is 28.1. The number of amides is 3. The number of rotatable bonds is 15. The van der Waals surface area contributed by atoms with Gasteiger partial charge in [-0.1, -0.05) is 12.8 Å². The summed E-state index contributed by atoms with van der Waals surface area (Å²) in [5.74, 6) is 1.37. The summed E-state index contributed by atoms with van der Waals surface area (Å²) in [6.45, 7) is 0.448. The SMILES string of the molecule is COc1cc2c(Oc3ccc(NC(=O)Nc4ccc(OC(F)(F)F)cc4)cc3)ccnc2cc1OCCCCCCC(=O)NNO. The number of ether oxygens (including phenoxy) is 4. The Labute approximate surface area is 261 Å². The van der Waals surface area contributed by atoms with Gasteiger partial charge in [-0.2, -0.15) is 0 Å². The Bertz CT molecular complexity index is 1600. The van der Waals surface area contributed by atoms with E-state index in [9.17, 15) is 22.8 Å². The number of fused-ring (bicyclic) bond motifs is 1. The van der Waals surface area contributed by atoms with Crippen molar-refractivity contribution in [1.29, 1.82) is 0 Å². The Morgan fingerprint density at radius 3 is 2.11 bits per heavy atom. The molecule has 4 aromatic rings. The molecule has 1 heterocycles. The summed E-state index contributed by atoms with van der Waals surface area (Å²) >= 11 is 0. The van der Waals surface area contributed by atoms with E-state index in [-0.39, 0.29) is 11.6 Å². The van der Waals surface area contributed by atoms with Gasteiger partial charge < -0.3 is 29.6 Å². The van der Waals surface area contributed by atoms with Gasteiger partial charge in [-0.15, -0.1) is 18.8 Å². The number of hydrogen-bond acceptors (Lipinski definition) is 9. The maximum absolute atomic E-state index is 12.4. The number of anilines is 2. The number of halogens is 3. The van der Waals surface area contributed by atoms with Crippen LogP contribution in [0, 0.1) is 0 Å². The number of aromatic nitrogens is 1. The molecule has 0 saturated carbocycles. The molecular weight excluding hydrogens is 611 g/mol. The highest BCUT2D eigenvalue weighted by atomic mass is 19.4. The molecule has 0 atom stereocenters. The molecule has 0 spiro atoms. The lowest BCUT2D eigenvalue weighted by atomic mass is 10.1. The molecule has 0 unspecified atom stereocenters. The molecule has 0 saturated heterocycles. The molecule has 4 rings (SSSR count). The topological polar surface area (TPSA) is 152 Å². The second kappa shape index (κ2) is 16.2. The quantitative estimate of drug-likeness (QED) is 0.0687. The standard InChI is InChI=1S/C31H32F3N5O7/c1-43-27-18-24-25(19-28(27)44-17-5-3-2-4-6-29(40)38-39-42)35-16-15-26(24)45-22-11-7-20(8-12-22)36-30(41)37-21-9-13-23(14-10-21)46-31(32,33)34/h7-16,18-19,39,42H,2-6,17H2,1H3,(H,38,40)(H2,36,37,41). The Hall–Kier alpha value is -5.28. The van der Waals surface area contributed by atoms with E-state index >= 15 is 0 Å². The van der Waals surface area contributed by atoms with Crippen molar-refractivity contribution >= 4 is 34.2 Å². The summed E-state index contributed by atoms with van der Waals surface area (Å²) in [5, 5.41) is 14.3. The van der Waals surface area contributed by atoms with Gasteiger partial charge in [0.05, 0.1) is 19.2 Å². The fourth-order valence-corrected chi connectivity index (χ4v) is 4.30. The van der Waals surface area contributed by atoms with E-state index in [0.29, 0.717) is 59.0 Å². The van der Waals surface area contributed by atoms with Crippen LogP contribution in [0.4, 0.5) is 29.3 Å². The number of hydrazine groups is 1. The summed E-state index contributed by atoms with van der Waals surface area (Å²) in [5.41, 5.74) is 5.09. The van der Waals surface area contributed by atoms with Gasteiger partial charge in [0.1, 0.15) is 17.2 Å². The second-order valence-electron chi connectivity index (χ2n) is 9.78. The van der Waals surface area contributed by atoms with Crippen LogP contribution in [0.25, 0.3) is 10.9 Å². The van der Waals surface area contributed by atoms with Crippen molar-refractivity contribution in [3.63, 3.8) is 0 Å². The highest BCUT2D eigenvalue weighted by molar-refractivity contribution is 5.99. The number of benzene rings is 3. The minimum absolute atomic E-state index is 0.275. The molecule has 1 aromatic heterocycles. The third-order valence-corrected chi connectivity index (χ3v) is 6.42. The van der Waals surface area contributed by atoms with Crippen LogP contribution in [0.3, 0.4) is 0 Å². The van der Waals surface area contributed by atoms with Crippen molar-refractivity contribution in [3.05, 3.63) is 72.9 Å². The Morgan fingerprint density at radius 2 is 1.48 bits per heavy atom. The van der Waals surface area contributed by atoms with Crippen LogP contribution in [0.1, 0.15) is 32.1 Å². The lowest BCUT2D eigenvalue weighted by Gasteiger charge is -2.14. The zero-order valence-electron chi connectivity index (χ0n) is 24.6. The number of nitrogens with zero attached hydrogens (tertiary/aromatic N) is 1. The monoisotopic (exact) mass is 643 g/mol. The van der Waals surface area contributed by atoms with Crippen molar-refractivity contribution in [1.82, 2.24) is 16.0 Å². The number of carbonyl (C=O) groups excluding carboxylic acids is 2. The van der Waals surface area contributed by atoms with Gasteiger partial charge in [0.2, 0.25) is 5.91 Å². The largest absolute Gasteiger partial charge is 0.573 e. The minimum Gasteiger partial charge on any atom is -0.493 e. The third-order valence-electron chi connectivity index (χ3n) is 6.42. The Morgan fingerprint density at radius 1 is 0.826 bits per heavy atom. The third kappa shape index (κ3) is 10.4. The van der Waals surface area contributed by atoms with Gasteiger partial charge >= 0.3 is 12.4 Å². The molecule has 0 fully saturated rings. The first kappa shape index (κ1) is 33.6. The molecule has 0 radical (unpaired) electrons. The molecule has 5 N–H and O–H groups in total. The van der Waals surface area contributed by atoms with Crippen LogP contribution < -0.4 is 40.6 Å². The first-order chi connectivity index (χ1) is 22.1. The highest BCUT2D eigenvalue weighted by Crippen LogP contribution is 2.37. The summed E-state index contributed by atoms with van der Waals surface area (Å²) in [7, 11) is 1.54. The zero-order valence-corrected chi connectivity index (χ0v) is 24.6. The number of unbranched alkanes of at least 4 members (excludes halogenated alkanes) is 3. The summed E-state index contributed by atoms with van der Waals surface area (Å²) < 4.78 is 58.4. The van der Waals surface area contributed by atoms with Gasteiger partial charge in [0.25, 0.3) is 0 Å². The normalized spacial score (nSPS) is 11.1. The van der Waals surface area contributed by atoms with Crippen LogP contribution in [-0.4, -0.2) is 42.2 Å². The molecule has 46 heavy (non-hydrogen) atoms. The zero-order chi connectivity index (χ0) is 32.9. The first-order valence-electron chi connectivity index (χ1n) is 14.1. The fraction of sp³-hybridized carbons (Fsp3) is 0.258.